The van der Waals surface area contributed by atoms with E-state index in [1.54, 1.807) is 43.4 Å². The normalized spacial score (nSPS) is 24.1. The van der Waals surface area contributed by atoms with Crippen molar-refractivity contribution in [2.45, 2.75) is 88.1 Å². The Bertz CT molecular complexity index is 871. The van der Waals surface area contributed by atoms with Gasteiger partial charge in [0.25, 0.3) is 0 Å². The largest absolute Gasteiger partial charge is 0.467 e. The highest BCUT2D eigenvalue weighted by Crippen LogP contribution is 2.32. The number of nitrogens with one attached hydrogen (secondary N) is 1. The summed E-state index contributed by atoms with van der Waals surface area (Å²) in [6, 6.07) is -1.45. The number of halogens is 1. The third-order valence-electron chi connectivity index (χ3n) is 4.42. The summed E-state index contributed by atoms with van der Waals surface area (Å²) in [6.07, 6.45) is -6.51. The van der Waals surface area contributed by atoms with E-state index >= 15 is 0 Å². The number of alkyl carbamates (subject to hydrolysis) is 1. The molecule has 0 aromatic carbocycles. The maximum atomic E-state index is 12.7. The Morgan fingerprint density at radius 2 is 1.49 bits per heavy atom. The molecule has 1 heterocycles. The number of esters is 5. The smallest absolute Gasteiger partial charge is 0.408 e. The van der Waals surface area contributed by atoms with Crippen LogP contribution in [0.25, 0.3) is 0 Å². The zero-order valence-corrected chi connectivity index (χ0v) is 23.7. The Balaban J connectivity index is 3.09. The Morgan fingerprint density at radius 1 is 0.919 bits per heavy atom. The number of methoxy groups -OCH3 is 1. The molecule has 14 nitrogen and oxygen atoms in total. The molecule has 37 heavy (non-hydrogen) atoms. The number of amides is 1. The van der Waals surface area contributed by atoms with Crippen molar-refractivity contribution in [1.29, 1.82) is 0 Å². The van der Waals surface area contributed by atoms with Crippen LogP contribution >= 0.6 is 22.6 Å². The van der Waals surface area contributed by atoms with Gasteiger partial charge < -0.3 is 38.5 Å². The summed E-state index contributed by atoms with van der Waals surface area (Å²) in [5.41, 5.74) is -0.864. The summed E-state index contributed by atoms with van der Waals surface area (Å²) in [4.78, 5) is 71.7. The summed E-state index contributed by atoms with van der Waals surface area (Å²) in [5.74, 6) is -4.01. The zero-order chi connectivity index (χ0) is 28.5. The topological polar surface area (TPSA) is 179 Å². The molecule has 15 heteroatoms. The van der Waals surface area contributed by atoms with Gasteiger partial charge in [-0.3, -0.25) is 19.2 Å². The quantitative estimate of drug-likeness (QED) is 0.162. The molecular weight excluding hydrogens is 613 g/mol. The molecule has 0 aliphatic carbocycles. The fourth-order valence-corrected chi connectivity index (χ4v) is 3.96. The molecule has 0 radical (unpaired) electrons. The standard InChI is InChI=1S/C22H32INO13/c1-10(25)32-9-14-17(33-11(2)26)18(34-12(3)27)16(23)20(35-14)36-15(28)8-13(19(29)31-7)24-21(30)37-22(4,5)6/h13-14,16-18,20H,8-9H2,1-7H3,(H,24,30)/t13-,14+,16+,17-,18+,20+/m0/s1. The van der Waals surface area contributed by atoms with Crippen molar-refractivity contribution in [2.24, 2.45) is 0 Å². The molecule has 1 fully saturated rings. The lowest BCUT2D eigenvalue weighted by molar-refractivity contribution is -0.255. The van der Waals surface area contributed by atoms with Gasteiger partial charge in [-0.25, -0.2) is 9.59 Å². The number of hydrogen-bond donors (Lipinski definition) is 1. The Morgan fingerprint density at radius 3 is 1.97 bits per heavy atom. The Labute approximate surface area is 227 Å². The monoisotopic (exact) mass is 645 g/mol. The Kier molecular flexibility index (Phi) is 12.5. The van der Waals surface area contributed by atoms with E-state index in [0.29, 0.717) is 0 Å². The van der Waals surface area contributed by atoms with Crippen LogP contribution in [0.2, 0.25) is 0 Å². The first-order chi connectivity index (χ1) is 17.0. The molecule has 1 aliphatic rings. The number of rotatable bonds is 9. The second-order valence-corrected chi connectivity index (χ2v) is 10.3. The van der Waals surface area contributed by atoms with E-state index in [9.17, 15) is 28.8 Å². The molecule has 1 saturated heterocycles. The van der Waals surface area contributed by atoms with Gasteiger partial charge in [-0.1, -0.05) is 22.6 Å². The van der Waals surface area contributed by atoms with Gasteiger partial charge in [-0.05, 0) is 20.8 Å². The van der Waals surface area contributed by atoms with Crippen LogP contribution in [0.4, 0.5) is 4.79 Å². The van der Waals surface area contributed by atoms with Crippen molar-refractivity contribution in [3.05, 3.63) is 0 Å². The molecule has 1 aliphatic heterocycles. The van der Waals surface area contributed by atoms with Crippen molar-refractivity contribution in [3.8, 4) is 0 Å². The minimum Gasteiger partial charge on any atom is -0.467 e. The van der Waals surface area contributed by atoms with Gasteiger partial charge in [0.2, 0.25) is 6.29 Å². The highest BCUT2D eigenvalue weighted by molar-refractivity contribution is 14.1. The predicted molar refractivity (Wildman–Crippen MR) is 130 cm³/mol. The van der Waals surface area contributed by atoms with Crippen molar-refractivity contribution in [3.63, 3.8) is 0 Å². The van der Waals surface area contributed by atoms with Crippen LogP contribution < -0.4 is 5.32 Å². The van der Waals surface area contributed by atoms with E-state index in [1.165, 1.54) is 0 Å². The summed E-state index contributed by atoms with van der Waals surface area (Å²) in [6.45, 7) is 7.85. The first-order valence-electron chi connectivity index (χ1n) is 11.1. The molecule has 0 bridgehead atoms. The number of alkyl halides is 1. The number of hydrogen-bond acceptors (Lipinski definition) is 13. The third kappa shape index (κ3) is 11.5. The molecule has 0 spiro atoms. The highest BCUT2D eigenvalue weighted by atomic mass is 127. The van der Waals surface area contributed by atoms with E-state index in [0.717, 1.165) is 27.9 Å². The lowest BCUT2D eigenvalue weighted by Gasteiger charge is -2.42. The van der Waals surface area contributed by atoms with Crippen LogP contribution in [0.3, 0.4) is 0 Å². The zero-order valence-electron chi connectivity index (χ0n) is 21.6. The minimum absolute atomic E-state index is 0.409. The van der Waals surface area contributed by atoms with E-state index < -0.39 is 89.1 Å². The van der Waals surface area contributed by atoms with Gasteiger partial charge in [-0.15, -0.1) is 0 Å². The van der Waals surface area contributed by atoms with Gasteiger partial charge in [0.15, 0.2) is 12.2 Å². The average Bonchev–Trinajstić information content (AvgIpc) is 2.74. The van der Waals surface area contributed by atoms with Crippen LogP contribution in [-0.4, -0.2) is 89.8 Å². The van der Waals surface area contributed by atoms with Gasteiger partial charge in [0, 0.05) is 20.8 Å². The Hall–Kier alpha value is -2.69. The molecule has 1 amide bonds. The van der Waals surface area contributed by atoms with Crippen molar-refractivity contribution >= 4 is 58.5 Å². The fourth-order valence-electron chi connectivity index (χ4n) is 3.09. The fraction of sp³-hybridized carbons (Fsp3) is 0.727. The molecule has 1 rings (SSSR count). The lowest BCUT2D eigenvalue weighted by Crippen LogP contribution is -2.60. The van der Waals surface area contributed by atoms with Crippen molar-refractivity contribution in [1.82, 2.24) is 5.32 Å². The van der Waals surface area contributed by atoms with Gasteiger partial charge in [0.05, 0.1) is 13.5 Å². The molecule has 1 N–H and O–H groups in total. The number of carbonyl (C=O) groups is 6. The molecule has 0 aromatic rings. The summed E-state index contributed by atoms with van der Waals surface area (Å²) in [7, 11) is 1.07. The van der Waals surface area contributed by atoms with Crippen LogP contribution in [-0.2, 0) is 57.1 Å². The van der Waals surface area contributed by atoms with Crippen LogP contribution in [0.5, 0.6) is 0 Å². The minimum atomic E-state index is -1.45. The van der Waals surface area contributed by atoms with Crippen LogP contribution in [0, 0.1) is 0 Å². The van der Waals surface area contributed by atoms with Gasteiger partial charge in [-0.2, -0.15) is 0 Å². The first-order valence-corrected chi connectivity index (χ1v) is 12.3. The van der Waals surface area contributed by atoms with E-state index in [4.69, 9.17) is 28.4 Å². The molecule has 6 atom stereocenters. The van der Waals surface area contributed by atoms with E-state index in [2.05, 4.69) is 10.1 Å². The van der Waals surface area contributed by atoms with E-state index in [1.807, 2.05) is 0 Å². The maximum Gasteiger partial charge on any atom is 0.408 e. The lowest BCUT2D eigenvalue weighted by atomic mass is 10.0. The molecule has 0 unspecified atom stereocenters. The summed E-state index contributed by atoms with van der Waals surface area (Å²) >= 11 is 1.79. The average molecular weight is 645 g/mol. The summed E-state index contributed by atoms with van der Waals surface area (Å²) in [5, 5.41) is 2.25. The first kappa shape index (κ1) is 32.3. The van der Waals surface area contributed by atoms with Crippen molar-refractivity contribution in [2.75, 3.05) is 13.7 Å². The number of carbonyl (C=O) groups excluding carboxylic acids is 6. The van der Waals surface area contributed by atoms with Crippen LogP contribution in [0.15, 0.2) is 0 Å². The van der Waals surface area contributed by atoms with Crippen molar-refractivity contribution < 1.29 is 61.9 Å². The SMILES string of the molecule is COC(=O)[C@H](CC(=O)O[C@H]1O[C@H](COC(C)=O)[C@H](OC(C)=O)[C@H](OC(C)=O)[C@H]1I)NC(=O)OC(C)(C)C. The van der Waals surface area contributed by atoms with Gasteiger partial charge in [0.1, 0.15) is 28.3 Å². The second kappa shape index (κ2) is 14.3. The highest BCUT2D eigenvalue weighted by Gasteiger charge is 2.51. The molecular formula is C22H32INO13. The predicted octanol–water partition coefficient (Wildman–Crippen LogP) is 0.941. The van der Waals surface area contributed by atoms with E-state index in [-0.39, 0.29) is 0 Å². The second-order valence-electron chi connectivity index (χ2n) is 8.85. The molecule has 0 saturated carbocycles. The summed E-state index contributed by atoms with van der Waals surface area (Å²) < 4.78 is 35.5. The maximum absolute atomic E-state index is 12.7. The van der Waals surface area contributed by atoms with Gasteiger partial charge >= 0.3 is 35.9 Å². The van der Waals surface area contributed by atoms with Crippen LogP contribution in [0.1, 0.15) is 48.0 Å². The third-order valence-corrected chi connectivity index (χ3v) is 5.72. The molecule has 210 valence electrons. The molecule has 0 aromatic heterocycles. The number of ether oxygens (including phenoxy) is 7.